The lowest BCUT2D eigenvalue weighted by atomic mass is 9.84. The number of aromatic nitrogens is 1. The highest BCUT2D eigenvalue weighted by Gasteiger charge is 2.32. The first-order chi connectivity index (χ1) is 15.5. The Morgan fingerprint density at radius 1 is 1.06 bits per heavy atom. The number of carboxylic acid groups (broad SMARTS) is 1. The molecule has 0 fully saturated rings. The topological polar surface area (TPSA) is 86.0 Å². The Labute approximate surface area is 193 Å². The number of carbonyl (C=O) groups is 2. The van der Waals surface area contributed by atoms with Crippen LogP contribution in [0.3, 0.4) is 0 Å². The van der Waals surface area contributed by atoms with Crippen LogP contribution in [0.4, 0.5) is 5.69 Å². The van der Waals surface area contributed by atoms with E-state index in [2.05, 4.69) is 26.8 Å². The van der Waals surface area contributed by atoms with Crippen LogP contribution >= 0.6 is 0 Å². The Balaban J connectivity index is 1.80. The van der Waals surface area contributed by atoms with Gasteiger partial charge in [-0.25, -0.2) is 14.8 Å². The third-order valence-electron chi connectivity index (χ3n) is 6.21. The highest BCUT2D eigenvalue weighted by Crippen LogP contribution is 2.36. The average molecular weight is 448 g/mol. The van der Waals surface area contributed by atoms with E-state index in [-0.39, 0.29) is 23.6 Å². The van der Waals surface area contributed by atoms with Gasteiger partial charge in [-0.3, -0.25) is 4.79 Å². The summed E-state index contributed by atoms with van der Waals surface area (Å²) in [6.07, 6.45) is 1.72. The number of hydrazine groups is 1. The molecule has 0 radical (unpaired) electrons. The average Bonchev–Trinajstić information content (AvgIpc) is 3.14. The molecule has 172 valence electrons. The number of fused-ring (bicyclic) bond motifs is 1. The van der Waals surface area contributed by atoms with Gasteiger partial charge < -0.3 is 14.8 Å². The molecule has 0 atom stereocenters. The normalized spacial score (nSPS) is 14.5. The monoisotopic (exact) mass is 447 g/mol. The Morgan fingerprint density at radius 3 is 2.39 bits per heavy atom. The van der Waals surface area contributed by atoms with E-state index in [0.717, 1.165) is 5.56 Å². The van der Waals surface area contributed by atoms with E-state index in [1.54, 1.807) is 30.4 Å². The van der Waals surface area contributed by atoms with Crippen LogP contribution in [-0.4, -0.2) is 38.7 Å². The lowest BCUT2D eigenvalue weighted by Crippen LogP contribution is -2.48. The zero-order valence-electron chi connectivity index (χ0n) is 19.6. The number of aromatic carboxylic acids is 1. The van der Waals surface area contributed by atoms with Crippen LogP contribution in [0, 0.1) is 0 Å². The van der Waals surface area contributed by atoms with Crippen molar-refractivity contribution in [1.29, 1.82) is 0 Å². The highest BCUT2D eigenvalue weighted by atomic mass is 16.4. The largest absolute Gasteiger partial charge is 0.477 e. The number of carboxylic acids is 1. The summed E-state index contributed by atoms with van der Waals surface area (Å²) in [6.45, 7) is 6.69. The van der Waals surface area contributed by atoms with Crippen LogP contribution in [0.25, 0.3) is 11.1 Å². The van der Waals surface area contributed by atoms with E-state index in [0.29, 0.717) is 34.5 Å². The maximum Gasteiger partial charge on any atom is 0.352 e. The molecule has 0 saturated carbocycles. The fourth-order valence-electron chi connectivity index (χ4n) is 4.41. The zero-order valence-corrected chi connectivity index (χ0v) is 19.6. The van der Waals surface area contributed by atoms with Crippen molar-refractivity contribution in [2.24, 2.45) is 7.05 Å². The third kappa shape index (κ3) is 3.94. The first-order valence-electron chi connectivity index (χ1n) is 10.8. The number of aliphatic hydroxyl groups is 1. The van der Waals surface area contributed by atoms with Crippen LogP contribution in [0.2, 0.25) is 0 Å². The molecule has 0 bridgehead atoms. The van der Waals surface area contributed by atoms with Gasteiger partial charge in [-0.2, -0.15) is 0 Å². The van der Waals surface area contributed by atoms with Crippen molar-refractivity contribution in [3.63, 3.8) is 0 Å². The van der Waals surface area contributed by atoms with Gasteiger partial charge in [0.2, 0.25) is 0 Å². The van der Waals surface area contributed by atoms with Crippen molar-refractivity contribution in [3.8, 4) is 11.1 Å². The molecular weight excluding hydrogens is 418 g/mol. The molecule has 1 aliphatic heterocycles. The van der Waals surface area contributed by atoms with Crippen LogP contribution < -0.4 is 5.01 Å². The van der Waals surface area contributed by atoms with Crippen LogP contribution in [0.1, 0.15) is 58.3 Å². The summed E-state index contributed by atoms with van der Waals surface area (Å²) in [4.78, 5) is 25.1. The standard InChI is InChI=1S/C26H29N3O4/c1-26(2,3)18-9-10-20-16(11-18)14-28(5)29(24(20)31)22-8-6-7-19(21(22)15-30)17-12-23(25(32)33)27(4)13-17/h6-13,30H,14-15H2,1-5H3,(H,32,33). The van der Waals surface area contributed by atoms with Crippen LogP contribution in [0.5, 0.6) is 0 Å². The van der Waals surface area contributed by atoms with Crippen molar-refractivity contribution in [1.82, 2.24) is 9.58 Å². The summed E-state index contributed by atoms with van der Waals surface area (Å²) < 4.78 is 1.53. The van der Waals surface area contributed by atoms with Gasteiger partial charge in [0, 0.05) is 43.5 Å². The van der Waals surface area contributed by atoms with E-state index >= 15 is 0 Å². The molecule has 4 rings (SSSR count). The fraction of sp³-hybridized carbons (Fsp3) is 0.308. The second kappa shape index (κ2) is 8.17. The third-order valence-corrected chi connectivity index (χ3v) is 6.21. The smallest absolute Gasteiger partial charge is 0.352 e. The molecular formula is C26H29N3O4. The highest BCUT2D eigenvalue weighted by molar-refractivity contribution is 6.08. The molecule has 1 aromatic heterocycles. The molecule has 0 unspecified atom stereocenters. The molecule has 0 saturated heterocycles. The Morgan fingerprint density at radius 2 is 1.79 bits per heavy atom. The molecule has 3 aromatic rings. The van der Waals surface area contributed by atoms with E-state index in [9.17, 15) is 19.8 Å². The van der Waals surface area contributed by atoms with E-state index in [1.807, 2.05) is 36.3 Å². The first kappa shape index (κ1) is 22.8. The number of anilines is 1. The van der Waals surface area contributed by atoms with Gasteiger partial charge in [0.1, 0.15) is 5.69 Å². The lowest BCUT2D eigenvalue weighted by Gasteiger charge is -2.38. The van der Waals surface area contributed by atoms with Gasteiger partial charge in [-0.15, -0.1) is 0 Å². The first-order valence-corrected chi connectivity index (χ1v) is 10.8. The summed E-state index contributed by atoms with van der Waals surface area (Å²) in [6, 6.07) is 13.0. The Kier molecular flexibility index (Phi) is 5.64. The second-order valence-corrected chi connectivity index (χ2v) is 9.55. The molecule has 7 heteroatoms. The Bertz CT molecular complexity index is 1250. The SMILES string of the molecule is CN1Cc2cc(C(C)(C)C)ccc2C(=O)N1c1cccc(-c2cc(C(=O)O)n(C)c2)c1CO. The number of hydrogen-bond donors (Lipinski definition) is 2. The van der Waals surface area contributed by atoms with Gasteiger partial charge in [0.15, 0.2) is 0 Å². The Hall–Kier alpha value is -3.42. The lowest BCUT2D eigenvalue weighted by molar-refractivity contribution is 0.0686. The fourth-order valence-corrected chi connectivity index (χ4v) is 4.41. The van der Waals surface area contributed by atoms with Gasteiger partial charge >= 0.3 is 5.97 Å². The quantitative estimate of drug-likeness (QED) is 0.626. The van der Waals surface area contributed by atoms with E-state index in [1.165, 1.54) is 10.1 Å². The van der Waals surface area contributed by atoms with Crippen molar-refractivity contribution < 1.29 is 19.8 Å². The van der Waals surface area contributed by atoms with Crippen LogP contribution in [0.15, 0.2) is 48.7 Å². The minimum absolute atomic E-state index is 0.0172. The van der Waals surface area contributed by atoms with Crippen molar-refractivity contribution in [2.45, 2.75) is 39.3 Å². The number of carbonyl (C=O) groups excluding carboxylic acids is 1. The van der Waals surface area contributed by atoms with Crippen molar-refractivity contribution >= 4 is 17.6 Å². The van der Waals surface area contributed by atoms with Gasteiger partial charge in [0.25, 0.3) is 5.91 Å². The summed E-state index contributed by atoms with van der Waals surface area (Å²) >= 11 is 0. The second-order valence-electron chi connectivity index (χ2n) is 9.55. The van der Waals surface area contributed by atoms with Crippen molar-refractivity contribution in [2.75, 3.05) is 12.1 Å². The number of amides is 1. The maximum atomic E-state index is 13.6. The number of nitrogens with zero attached hydrogens (tertiary/aromatic N) is 3. The molecule has 2 heterocycles. The minimum Gasteiger partial charge on any atom is -0.477 e. The van der Waals surface area contributed by atoms with Gasteiger partial charge in [-0.1, -0.05) is 45.0 Å². The molecule has 2 N–H and O–H groups in total. The summed E-state index contributed by atoms with van der Waals surface area (Å²) in [5.74, 6) is -1.19. The minimum atomic E-state index is -1.03. The molecule has 0 aliphatic carbocycles. The number of aliphatic hydroxyl groups excluding tert-OH is 1. The zero-order chi connectivity index (χ0) is 24.1. The summed E-state index contributed by atoms with van der Waals surface area (Å²) in [5.41, 5.74) is 5.42. The summed E-state index contributed by atoms with van der Waals surface area (Å²) in [5, 5.41) is 23.1. The molecule has 1 aliphatic rings. The number of aryl methyl sites for hydroxylation is 1. The summed E-state index contributed by atoms with van der Waals surface area (Å²) in [7, 11) is 3.52. The molecule has 33 heavy (non-hydrogen) atoms. The molecule has 1 amide bonds. The van der Waals surface area contributed by atoms with Gasteiger partial charge in [0.05, 0.1) is 12.3 Å². The number of hydrogen-bond acceptors (Lipinski definition) is 4. The number of benzene rings is 2. The predicted octanol–water partition coefficient (Wildman–Crippen LogP) is 4.19. The maximum absolute atomic E-state index is 13.6. The van der Waals surface area contributed by atoms with E-state index in [4.69, 9.17) is 0 Å². The van der Waals surface area contributed by atoms with E-state index < -0.39 is 5.97 Å². The van der Waals surface area contributed by atoms with Crippen molar-refractivity contribution in [3.05, 3.63) is 76.6 Å². The number of rotatable bonds is 4. The van der Waals surface area contributed by atoms with Gasteiger partial charge in [-0.05, 0) is 40.3 Å². The molecule has 2 aromatic carbocycles. The predicted molar refractivity (Wildman–Crippen MR) is 127 cm³/mol. The molecule has 0 spiro atoms. The molecule has 7 nitrogen and oxygen atoms in total. The van der Waals surface area contributed by atoms with Crippen LogP contribution in [-0.2, 0) is 25.6 Å².